The molecule has 0 aliphatic heterocycles. The maximum absolute atomic E-state index is 3.91. The Kier molecular flexibility index (Phi) is 2.77. The third-order valence-electron chi connectivity index (χ3n) is 3.96. The van der Waals surface area contributed by atoms with Crippen molar-refractivity contribution >= 4 is 43.2 Å². The first-order chi connectivity index (χ1) is 7.18. The second-order valence-electron chi connectivity index (χ2n) is 4.79. The summed E-state index contributed by atoms with van der Waals surface area (Å²) in [6.45, 7) is 2.19. The van der Waals surface area contributed by atoms with Gasteiger partial charge in [0.15, 0.2) is 0 Å². The predicted molar refractivity (Wildman–Crippen MR) is 72.7 cm³/mol. The molecule has 0 bridgehead atoms. The summed E-state index contributed by atoms with van der Waals surface area (Å²) in [5.41, 5.74) is 0. The van der Waals surface area contributed by atoms with E-state index in [1.54, 1.807) is 0 Å². The van der Waals surface area contributed by atoms with Crippen LogP contribution in [0.3, 0.4) is 0 Å². The van der Waals surface area contributed by atoms with E-state index in [1.807, 2.05) is 11.3 Å². The van der Waals surface area contributed by atoms with Gasteiger partial charge in [0, 0.05) is 14.2 Å². The van der Waals surface area contributed by atoms with Crippen molar-refractivity contribution in [3.63, 3.8) is 0 Å². The Balaban J connectivity index is 1.77. The molecule has 0 saturated heterocycles. The Bertz CT molecular complexity index is 355. The topological polar surface area (TPSA) is 0 Å². The standard InChI is InChI=1S/C12H14Br2S/c1-6-9(13)5-10(15-6)12(14)11-7-3-2-4-8(7)11/h5,7-8,11-12H,2-4H2,1H3. The van der Waals surface area contributed by atoms with Crippen molar-refractivity contribution in [2.75, 3.05) is 0 Å². The Morgan fingerprint density at radius 3 is 2.60 bits per heavy atom. The summed E-state index contributed by atoms with van der Waals surface area (Å²) in [4.78, 5) is 3.53. The summed E-state index contributed by atoms with van der Waals surface area (Å²) < 4.78 is 1.28. The van der Waals surface area contributed by atoms with Gasteiger partial charge in [-0.25, -0.2) is 0 Å². The minimum Gasteiger partial charge on any atom is -0.143 e. The molecule has 0 N–H and O–H groups in total. The molecule has 3 heteroatoms. The molecule has 0 spiro atoms. The molecule has 1 heterocycles. The normalized spacial score (nSPS) is 35.3. The van der Waals surface area contributed by atoms with E-state index in [4.69, 9.17) is 0 Å². The Morgan fingerprint density at radius 1 is 1.40 bits per heavy atom. The molecule has 82 valence electrons. The fourth-order valence-corrected chi connectivity index (χ4v) is 5.91. The van der Waals surface area contributed by atoms with Crippen molar-refractivity contribution < 1.29 is 0 Å². The smallest absolute Gasteiger partial charge is 0.0523 e. The average molecular weight is 350 g/mol. The summed E-state index contributed by atoms with van der Waals surface area (Å²) in [5.74, 6) is 3.01. The number of halogens is 2. The minimum absolute atomic E-state index is 0.614. The monoisotopic (exact) mass is 348 g/mol. The second kappa shape index (κ2) is 3.85. The first-order valence-corrected chi connectivity index (χ1v) is 8.11. The van der Waals surface area contributed by atoms with Gasteiger partial charge in [-0.1, -0.05) is 22.4 Å². The number of alkyl halides is 1. The first kappa shape index (κ1) is 10.8. The number of fused-ring (bicyclic) bond motifs is 1. The van der Waals surface area contributed by atoms with Crippen molar-refractivity contribution in [2.45, 2.75) is 31.0 Å². The van der Waals surface area contributed by atoms with Crippen LogP contribution in [0.5, 0.6) is 0 Å². The van der Waals surface area contributed by atoms with E-state index < -0.39 is 0 Å². The molecule has 0 nitrogen and oxygen atoms in total. The highest BCUT2D eigenvalue weighted by molar-refractivity contribution is 9.10. The van der Waals surface area contributed by atoms with Crippen LogP contribution in [-0.4, -0.2) is 0 Å². The molecule has 1 aromatic rings. The lowest BCUT2D eigenvalue weighted by molar-refractivity contribution is 0.586. The number of hydrogen-bond acceptors (Lipinski definition) is 1. The van der Waals surface area contributed by atoms with Crippen LogP contribution in [-0.2, 0) is 0 Å². The lowest BCUT2D eigenvalue weighted by Crippen LogP contribution is -1.95. The molecular formula is C12H14Br2S. The SMILES string of the molecule is Cc1sc(C(Br)C2C3CCCC32)cc1Br. The van der Waals surface area contributed by atoms with Crippen LogP contribution in [0, 0.1) is 24.7 Å². The van der Waals surface area contributed by atoms with Crippen LogP contribution in [0.1, 0.15) is 33.8 Å². The molecule has 2 aliphatic rings. The van der Waals surface area contributed by atoms with Crippen molar-refractivity contribution in [1.29, 1.82) is 0 Å². The van der Waals surface area contributed by atoms with Gasteiger partial charge >= 0.3 is 0 Å². The zero-order valence-electron chi connectivity index (χ0n) is 8.67. The first-order valence-electron chi connectivity index (χ1n) is 5.58. The quantitative estimate of drug-likeness (QED) is 0.635. The molecular weight excluding hydrogens is 336 g/mol. The second-order valence-corrected chi connectivity index (χ2v) is 7.92. The summed E-state index contributed by atoms with van der Waals surface area (Å²) in [6.07, 6.45) is 4.42. The molecule has 0 aromatic carbocycles. The molecule has 0 amide bonds. The lowest BCUT2D eigenvalue weighted by atomic mass is 10.1. The van der Waals surface area contributed by atoms with E-state index >= 15 is 0 Å². The van der Waals surface area contributed by atoms with E-state index in [-0.39, 0.29) is 0 Å². The van der Waals surface area contributed by atoms with Crippen molar-refractivity contribution in [3.8, 4) is 0 Å². The van der Waals surface area contributed by atoms with Gasteiger partial charge < -0.3 is 0 Å². The van der Waals surface area contributed by atoms with Gasteiger partial charge in [-0.3, -0.25) is 0 Å². The van der Waals surface area contributed by atoms with Gasteiger partial charge in [0.1, 0.15) is 0 Å². The van der Waals surface area contributed by atoms with Crippen LogP contribution in [0.15, 0.2) is 10.5 Å². The van der Waals surface area contributed by atoms with Crippen LogP contribution >= 0.6 is 43.2 Å². The summed E-state index contributed by atoms with van der Waals surface area (Å²) in [5, 5.41) is 0. The van der Waals surface area contributed by atoms with E-state index in [2.05, 4.69) is 44.8 Å². The summed E-state index contributed by atoms with van der Waals surface area (Å²) >= 11 is 9.45. The lowest BCUT2D eigenvalue weighted by Gasteiger charge is -2.09. The van der Waals surface area contributed by atoms with Gasteiger partial charge in [-0.15, -0.1) is 11.3 Å². The summed E-state index contributed by atoms with van der Waals surface area (Å²) in [6, 6.07) is 2.30. The highest BCUT2D eigenvalue weighted by Crippen LogP contribution is 2.64. The van der Waals surface area contributed by atoms with Crippen LogP contribution in [0.4, 0.5) is 0 Å². The molecule has 3 rings (SSSR count). The number of aryl methyl sites for hydroxylation is 1. The minimum atomic E-state index is 0.614. The molecule has 1 aromatic heterocycles. The third-order valence-corrected chi connectivity index (χ3v) is 7.59. The van der Waals surface area contributed by atoms with Crippen molar-refractivity contribution in [2.24, 2.45) is 17.8 Å². The molecule has 3 atom stereocenters. The summed E-state index contributed by atoms with van der Waals surface area (Å²) in [7, 11) is 0. The largest absolute Gasteiger partial charge is 0.143 e. The van der Waals surface area contributed by atoms with Gasteiger partial charge in [0.25, 0.3) is 0 Å². The van der Waals surface area contributed by atoms with Crippen molar-refractivity contribution in [3.05, 3.63) is 20.3 Å². The molecule has 0 radical (unpaired) electrons. The molecule has 15 heavy (non-hydrogen) atoms. The van der Waals surface area contributed by atoms with Gasteiger partial charge in [0.05, 0.1) is 4.83 Å². The van der Waals surface area contributed by atoms with E-state index in [0.717, 1.165) is 17.8 Å². The van der Waals surface area contributed by atoms with E-state index in [1.165, 1.54) is 33.5 Å². The van der Waals surface area contributed by atoms with Gasteiger partial charge in [-0.05, 0) is 59.5 Å². The Hall–Kier alpha value is 0.660. The van der Waals surface area contributed by atoms with Gasteiger partial charge in [-0.2, -0.15) is 0 Å². The van der Waals surface area contributed by atoms with E-state index in [9.17, 15) is 0 Å². The highest BCUT2D eigenvalue weighted by Gasteiger charge is 2.55. The Morgan fingerprint density at radius 2 is 2.07 bits per heavy atom. The van der Waals surface area contributed by atoms with Gasteiger partial charge in [0.2, 0.25) is 0 Å². The molecule has 3 unspecified atom stereocenters. The number of rotatable bonds is 2. The maximum atomic E-state index is 3.91. The fourth-order valence-electron chi connectivity index (χ4n) is 3.12. The zero-order valence-corrected chi connectivity index (χ0v) is 12.7. The third kappa shape index (κ3) is 1.75. The number of hydrogen-bond donors (Lipinski definition) is 0. The van der Waals surface area contributed by atoms with E-state index in [0.29, 0.717) is 4.83 Å². The highest BCUT2D eigenvalue weighted by atomic mass is 79.9. The Labute approximate surface area is 112 Å². The molecule has 2 fully saturated rings. The fraction of sp³-hybridized carbons (Fsp3) is 0.667. The molecule has 2 aliphatic carbocycles. The predicted octanol–water partition coefficient (Wildman–Crippen LogP) is 5.30. The average Bonchev–Trinajstić information content (AvgIpc) is 2.59. The van der Waals surface area contributed by atoms with Crippen molar-refractivity contribution in [1.82, 2.24) is 0 Å². The zero-order chi connectivity index (χ0) is 10.6. The number of thiophene rings is 1. The van der Waals surface area contributed by atoms with Crippen LogP contribution < -0.4 is 0 Å². The van der Waals surface area contributed by atoms with Crippen LogP contribution in [0.25, 0.3) is 0 Å². The maximum Gasteiger partial charge on any atom is 0.0523 e. The molecule has 2 saturated carbocycles. The van der Waals surface area contributed by atoms with Crippen LogP contribution in [0.2, 0.25) is 0 Å².